The highest BCUT2D eigenvalue weighted by Crippen LogP contribution is 2.63. The van der Waals surface area contributed by atoms with Crippen LogP contribution in [-0.4, -0.2) is 37.5 Å². The normalized spacial score (nSPS) is 37.6. The summed E-state index contributed by atoms with van der Waals surface area (Å²) in [6.07, 6.45) is 6.17. The third-order valence-electron chi connectivity index (χ3n) is 3.72. The number of nitrogens with zero attached hydrogens (tertiary/aromatic N) is 1. The van der Waals surface area contributed by atoms with Gasteiger partial charge in [0.05, 0.1) is 0 Å². The van der Waals surface area contributed by atoms with Gasteiger partial charge in [0.25, 0.3) is 0 Å². The number of amides is 1. The Morgan fingerprint density at radius 1 is 1.53 bits per heavy atom. The van der Waals surface area contributed by atoms with Gasteiger partial charge in [0.15, 0.2) is 0 Å². The van der Waals surface area contributed by atoms with Gasteiger partial charge < -0.3 is 10.2 Å². The molecule has 3 aliphatic carbocycles. The summed E-state index contributed by atoms with van der Waals surface area (Å²) in [6, 6.07) is 0.453. The van der Waals surface area contributed by atoms with E-state index in [1.165, 1.54) is 12.8 Å². The topological polar surface area (TPSA) is 32.3 Å². The van der Waals surface area contributed by atoms with Gasteiger partial charge in [-0.05, 0) is 38.3 Å². The van der Waals surface area contributed by atoms with E-state index in [1.807, 2.05) is 25.1 Å². The lowest BCUT2D eigenvalue weighted by Crippen LogP contribution is -2.70. The lowest BCUT2D eigenvalue weighted by atomic mass is 9.42. The molecule has 0 aromatic rings. The summed E-state index contributed by atoms with van der Waals surface area (Å²) in [4.78, 5) is 13.6. The Labute approximate surface area is 91.5 Å². The molecule has 0 radical (unpaired) electrons. The molecule has 3 saturated carbocycles. The molecule has 3 rings (SSSR count). The molecular weight excluding hydrogens is 188 g/mol. The molecule has 3 fully saturated rings. The van der Waals surface area contributed by atoms with Crippen molar-refractivity contribution in [2.24, 2.45) is 11.3 Å². The monoisotopic (exact) mass is 208 g/mol. The van der Waals surface area contributed by atoms with E-state index in [2.05, 4.69) is 12.2 Å². The number of rotatable bonds is 4. The lowest BCUT2D eigenvalue weighted by Gasteiger charge is -2.66. The highest BCUT2D eigenvalue weighted by molar-refractivity contribution is 5.88. The Balaban J connectivity index is 1.72. The average Bonchev–Trinajstić information content (AvgIpc) is 2.11. The molecule has 0 saturated heterocycles. The maximum atomic E-state index is 11.5. The van der Waals surface area contributed by atoms with Crippen molar-refractivity contribution in [1.29, 1.82) is 0 Å². The number of likely N-dealkylation sites (N-methyl/N-ethyl adjacent to an activating group) is 1. The fourth-order valence-electron chi connectivity index (χ4n) is 2.74. The van der Waals surface area contributed by atoms with E-state index in [1.54, 1.807) is 6.08 Å². The Morgan fingerprint density at radius 2 is 2.20 bits per heavy atom. The summed E-state index contributed by atoms with van der Waals surface area (Å²) in [6.45, 7) is 3.08. The smallest absolute Gasteiger partial charge is 0.243 e. The second kappa shape index (κ2) is 3.63. The largest absolute Gasteiger partial charge is 0.349 e. The van der Waals surface area contributed by atoms with Crippen LogP contribution < -0.4 is 5.32 Å². The van der Waals surface area contributed by atoms with Crippen LogP contribution in [0.3, 0.4) is 0 Å². The predicted octanol–water partition coefficient (Wildman–Crippen LogP) is 1.02. The van der Waals surface area contributed by atoms with E-state index in [0.717, 1.165) is 12.5 Å². The molecule has 84 valence electrons. The van der Waals surface area contributed by atoms with Gasteiger partial charge in [0, 0.05) is 18.7 Å². The van der Waals surface area contributed by atoms with Gasteiger partial charge in [0.2, 0.25) is 5.91 Å². The molecule has 3 nitrogen and oxygen atoms in total. The van der Waals surface area contributed by atoms with Gasteiger partial charge in [-0.15, -0.1) is 0 Å². The summed E-state index contributed by atoms with van der Waals surface area (Å²) in [5.41, 5.74) is 0.426. The van der Waals surface area contributed by atoms with Crippen molar-refractivity contribution in [1.82, 2.24) is 10.2 Å². The zero-order chi connectivity index (χ0) is 11.1. The van der Waals surface area contributed by atoms with Crippen molar-refractivity contribution >= 4 is 5.91 Å². The molecular formula is C12H20N2O. The molecule has 2 bridgehead atoms. The maximum Gasteiger partial charge on any atom is 0.243 e. The molecule has 3 heteroatoms. The van der Waals surface area contributed by atoms with Gasteiger partial charge in [0.1, 0.15) is 0 Å². The van der Waals surface area contributed by atoms with E-state index in [9.17, 15) is 4.79 Å². The first-order valence-corrected chi connectivity index (χ1v) is 5.63. The van der Waals surface area contributed by atoms with Crippen molar-refractivity contribution in [2.45, 2.75) is 25.8 Å². The van der Waals surface area contributed by atoms with Crippen LogP contribution in [0.5, 0.6) is 0 Å². The number of hydrogen-bond donors (Lipinski definition) is 1. The van der Waals surface area contributed by atoms with Crippen molar-refractivity contribution in [3.05, 3.63) is 12.2 Å². The molecule has 0 aliphatic heterocycles. The van der Waals surface area contributed by atoms with E-state index in [0.29, 0.717) is 11.5 Å². The lowest BCUT2D eigenvalue weighted by molar-refractivity contribution is -0.150. The summed E-state index contributed by atoms with van der Waals surface area (Å²) in [7, 11) is 3.98. The van der Waals surface area contributed by atoms with Crippen LogP contribution in [0.2, 0.25) is 0 Å². The fourth-order valence-corrected chi connectivity index (χ4v) is 2.74. The van der Waals surface area contributed by atoms with Crippen LogP contribution in [-0.2, 0) is 4.79 Å². The third kappa shape index (κ3) is 1.93. The van der Waals surface area contributed by atoms with Crippen molar-refractivity contribution in [3.63, 3.8) is 0 Å². The third-order valence-corrected chi connectivity index (χ3v) is 3.72. The van der Waals surface area contributed by atoms with E-state index in [4.69, 9.17) is 0 Å². The Kier molecular flexibility index (Phi) is 2.59. The van der Waals surface area contributed by atoms with E-state index in [-0.39, 0.29) is 5.91 Å². The second-order valence-electron chi connectivity index (χ2n) is 5.47. The molecule has 15 heavy (non-hydrogen) atoms. The van der Waals surface area contributed by atoms with Crippen LogP contribution in [0.25, 0.3) is 0 Å². The molecule has 3 aliphatic rings. The SMILES string of the molecule is CN(C)C/C=C/C(=O)NC1C2CC1(C)C2. The summed E-state index contributed by atoms with van der Waals surface area (Å²) < 4.78 is 0. The first-order chi connectivity index (χ1) is 7.01. The summed E-state index contributed by atoms with van der Waals surface area (Å²) in [5, 5.41) is 3.09. The first-order valence-electron chi connectivity index (χ1n) is 5.63. The highest BCUT2D eigenvalue weighted by Gasteiger charge is 2.62. The van der Waals surface area contributed by atoms with Crippen molar-refractivity contribution in [3.8, 4) is 0 Å². The van der Waals surface area contributed by atoms with E-state index < -0.39 is 0 Å². The van der Waals surface area contributed by atoms with Gasteiger partial charge >= 0.3 is 0 Å². The van der Waals surface area contributed by atoms with E-state index >= 15 is 0 Å². The van der Waals surface area contributed by atoms with Crippen molar-refractivity contribution in [2.75, 3.05) is 20.6 Å². The number of carbonyl (C=O) groups is 1. The molecule has 0 heterocycles. The number of nitrogens with one attached hydrogen (secondary N) is 1. The van der Waals surface area contributed by atoms with Gasteiger partial charge in [-0.1, -0.05) is 13.0 Å². The average molecular weight is 208 g/mol. The minimum Gasteiger partial charge on any atom is -0.349 e. The number of hydrogen-bond acceptors (Lipinski definition) is 2. The molecule has 1 amide bonds. The Bertz CT molecular complexity index is 290. The Morgan fingerprint density at radius 3 is 2.60 bits per heavy atom. The van der Waals surface area contributed by atoms with Gasteiger partial charge in [-0.2, -0.15) is 0 Å². The summed E-state index contributed by atoms with van der Waals surface area (Å²) in [5.74, 6) is 0.832. The highest BCUT2D eigenvalue weighted by atomic mass is 16.1. The molecule has 0 aromatic carbocycles. The summed E-state index contributed by atoms with van der Waals surface area (Å²) >= 11 is 0. The van der Waals surface area contributed by atoms with Crippen LogP contribution in [0.4, 0.5) is 0 Å². The van der Waals surface area contributed by atoms with Crippen LogP contribution in [0.1, 0.15) is 19.8 Å². The van der Waals surface area contributed by atoms with Crippen LogP contribution in [0, 0.1) is 11.3 Å². The zero-order valence-electron chi connectivity index (χ0n) is 9.79. The van der Waals surface area contributed by atoms with Gasteiger partial charge in [-0.3, -0.25) is 4.79 Å². The quantitative estimate of drug-likeness (QED) is 0.700. The molecule has 0 aromatic heterocycles. The fraction of sp³-hybridized carbons (Fsp3) is 0.750. The predicted molar refractivity (Wildman–Crippen MR) is 60.5 cm³/mol. The molecule has 1 N–H and O–H groups in total. The number of carbonyl (C=O) groups excluding carboxylic acids is 1. The maximum absolute atomic E-state index is 11.5. The van der Waals surface area contributed by atoms with Crippen LogP contribution >= 0.6 is 0 Å². The standard InChI is InChI=1S/C12H20N2O/c1-12-7-9(8-12)11(12)13-10(15)5-4-6-14(2)3/h4-5,9,11H,6-8H2,1-3H3,(H,13,15)/b5-4+. The van der Waals surface area contributed by atoms with Crippen LogP contribution in [0.15, 0.2) is 12.2 Å². The minimum atomic E-state index is 0.0671. The Hall–Kier alpha value is -0.830. The molecule has 0 spiro atoms. The molecule has 1 atom stereocenters. The second-order valence-corrected chi connectivity index (χ2v) is 5.47. The first kappa shape index (κ1) is 10.7. The minimum absolute atomic E-state index is 0.0671. The zero-order valence-corrected chi connectivity index (χ0v) is 9.79. The van der Waals surface area contributed by atoms with Crippen molar-refractivity contribution < 1.29 is 4.79 Å². The molecule has 1 unspecified atom stereocenters. The van der Waals surface area contributed by atoms with Gasteiger partial charge in [-0.25, -0.2) is 0 Å².